The lowest BCUT2D eigenvalue weighted by atomic mass is 9.82. The molecular formula is C29H25ClN4O3S2. The van der Waals surface area contributed by atoms with Crippen molar-refractivity contribution in [2.75, 3.05) is 10.0 Å². The molecule has 0 aliphatic heterocycles. The van der Waals surface area contributed by atoms with Crippen LogP contribution in [0.1, 0.15) is 34.9 Å². The molecule has 3 heterocycles. The highest BCUT2D eigenvalue weighted by molar-refractivity contribution is 7.94. The summed E-state index contributed by atoms with van der Waals surface area (Å²) in [5.74, 6) is -0.0659. The van der Waals surface area contributed by atoms with Gasteiger partial charge in [0.2, 0.25) is 0 Å². The maximum Gasteiger partial charge on any atom is 0.271 e. The zero-order valence-electron chi connectivity index (χ0n) is 20.6. The molecular weight excluding hydrogens is 552 g/mol. The van der Waals surface area contributed by atoms with E-state index in [-0.39, 0.29) is 4.21 Å². The number of rotatable bonds is 10. The predicted molar refractivity (Wildman–Crippen MR) is 156 cm³/mol. The maximum atomic E-state index is 13.3. The summed E-state index contributed by atoms with van der Waals surface area (Å²) in [6.07, 6.45) is 2.35. The first-order valence-corrected chi connectivity index (χ1v) is 14.8. The summed E-state index contributed by atoms with van der Waals surface area (Å²) < 4.78 is 29.8. The molecule has 198 valence electrons. The van der Waals surface area contributed by atoms with Gasteiger partial charge in [-0.05, 0) is 53.6 Å². The number of sulfonamides is 1. The van der Waals surface area contributed by atoms with Crippen molar-refractivity contribution in [3.63, 3.8) is 0 Å². The molecule has 0 spiro atoms. The van der Waals surface area contributed by atoms with Crippen LogP contribution in [0.3, 0.4) is 0 Å². The second-order valence-corrected chi connectivity index (χ2v) is 12.3. The number of benzene rings is 2. The Hall–Kier alpha value is -3.76. The van der Waals surface area contributed by atoms with E-state index in [1.54, 1.807) is 30.6 Å². The first kappa shape index (κ1) is 26.8. The Balaban J connectivity index is 1.65. The van der Waals surface area contributed by atoms with E-state index in [0.717, 1.165) is 11.3 Å². The predicted octanol–water partition coefficient (Wildman–Crippen LogP) is 6.66. The van der Waals surface area contributed by atoms with Crippen LogP contribution >= 0.6 is 22.9 Å². The van der Waals surface area contributed by atoms with Gasteiger partial charge in [0.1, 0.15) is 10.0 Å². The van der Waals surface area contributed by atoms with Gasteiger partial charge in [-0.15, -0.1) is 11.3 Å². The molecule has 0 saturated carbocycles. The van der Waals surface area contributed by atoms with E-state index in [0.29, 0.717) is 32.7 Å². The van der Waals surface area contributed by atoms with Crippen molar-refractivity contribution in [1.29, 1.82) is 0 Å². The quantitative estimate of drug-likeness (QED) is 0.172. The fraction of sp³-hybridized carbons (Fsp3) is 0.103. The molecule has 0 saturated heterocycles. The van der Waals surface area contributed by atoms with Crippen LogP contribution in [0.4, 0.5) is 11.5 Å². The largest absolute Gasteiger partial charge is 0.388 e. The van der Waals surface area contributed by atoms with Crippen molar-refractivity contribution in [3.05, 3.63) is 137 Å². The lowest BCUT2D eigenvalue weighted by molar-refractivity contribution is 0.133. The van der Waals surface area contributed by atoms with Gasteiger partial charge in [-0.1, -0.05) is 72.3 Å². The number of hydrogen-bond acceptors (Lipinski definition) is 7. The van der Waals surface area contributed by atoms with E-state index in [2.05, 4.69) is 20.0 Å². The van der Waals surface area contributed by atoms with Crippen molar-refractivity contribution in [2.45, 2.75) is 22.3 Å². The van der Waals surface area contributed by atoms with Gasteiger partial charge in [-0.25, -0.2) is 13.4 Å². The molecule has 0 fully saturated rings. The Morgan fingerprint density at radius 3 is 2.15 bits per heavy atom. The Morgan fingerprint density at radius 2 is 1.49 bits per heavy atom. The highest BCUT2D eigenvalue weighted by Gasteiger charge is 2.35. The third-order valence-electron chi connectivity index (χ3n) is 6.19. The number of halogens is 1. The van der Waals surface area contributed by atoms with E-state index >= 15 is 0 Å². The molecule has 10 heteroatoms. The number of hydrogen-bond donors (Lipinski definition) is 3. The van der Waals surface area contributed by atoms with E-state index in [1.807, 2.05) is 78.9 Å². The molecule has 3 N–H and O–H groups in total. The Kier molecular flexibility index (Phi) is 8.23. The van der Waals surface area contributed by atoms with Gasteiger partial charge in [0.25, 0.3) is 10.0 Å². The molecule has 39 heavy (non-hydrogen) atoms. The monoisotopic (exact) mass is 576 g/mol. The Bertz CT molecular complexity index is 1620. The molecule has 3 aromatic heterocycles. The van der Waals surface area contributed by atoms with Crippen LogP contribution in [-0.4, -0.2) is 23.5 Å². The highest BCUT2D eigenvalue weighted by Crippen LogP contribution is 2.44. The van der Waals surface area contributed by atoms with Crippen molar-refractivity contribution in [1.82, 2.24) is 9.97 Å². The zero-order valence-corrected chi connectivity index (χ0v) is 22.9. The highest BCUT2D eigenvalue weighted by atomic mass is 35.5. The van der Waals surface area contributed by atoms with Crippen molar-refractivity contribution < 1.29 is 13.5 Å². The third-order valence-corrected chi connectivity index (χ3v) is 9.28. The van der Waals surface area contributed by atoms with Gasteiger partial charge in [-0.3, -0.25) is 9.71 Å². The van der Waals surface area contributed by atoms with Gasteiger partial charge in [-0.2, -0.15) is 0 Å². The summed E-state index contributed by atoms with van der Waals surface area (Å²) in [6, 6.07) is 29.8. The van der Waals surface area contributed by atoms with Crippen molar-refractivity contribution in [2.24, 2.45) is 0 Å². The molecule has 0 amide bonds. The summed E-state index contributed by atoms with van der Waals surface area (Å²) in [5, 5.41) is 15.2. The number of para-hydroxylation sites is 1. The van der Waals surface area contributed by atoms with Gasteiger partial charge in [0.15, 0.2) is 0 Å². The molecule has 3 unspecified atom stereocenters. The fourth-order valence-corrected chi connectivity index (χ4v) is 6.98. The average Bonchev–Trinajstić information content (AvgIpc) is 3.42. The zero-order chi connectivity index (χ0) is 27.2. The minimum absolute atomic E-state index is 0.0992. The van der Waals surface area contributed by atoms with E-state index in [1.165, 1.54) is 6.07 Å². The number of aliphatic hydroxyl groups excluding tert-OH is 1. The average molecular weight is 577 g/mol. The molecule has 0 radical (unpaired) electrons. The first-order valence-electron chi connectivity index (χ1n) is 12.1. The first-order chi connectivity index (χ1) is 18.9. The van der Waals surface area contributed by atoms with Gasteiger partial charge < -0.3 is 10.4 Å². The number of thiophene rings is 1. The maximum absolute atomic E-state index is 13.3. The summed E-state index contributed by atoms with van der Waals surface area (Å²) in [5.41, 5.74) is 2.30. The molecule has 0 aliphatic rings. The second kappa shape index (κ2) is 12.0. The van der Waals surface area contributed by atoms with E-state index in [4.69, 9.17) is 11.6 Å². The van der Waals surface area contributed by atoms with Crippen LogP contribution in [0.2, 0.25) is 4.34 Å². The minimum atomic E-state index is -3.92. The van der Waals surface area contributed by atoms with Crippen LogP contribution in [0.5, 0.6) is 0 Å². The molecule has 3 atom stereocenters. The van der Waals surface area contributed by atoms with E-state index < -0.39 is 28.1 Å². The van der Waals surface area contributed by atoms with Gasteiger partial charge in [0, 0.05) is 18.1 Å². The summed E-state index contributed by atoms with van der Waals surface area (Å²) >= 11 is 6.99. The molecule has 5 rings (SSSR count). The van der Waals surface area contributed by atoms with Crippen LogP contribution in [0, 0.1) is 0 Å². The van der Waals surface area contributed by atoms with Crippen LogP contribution in [-0.2, 0) is 10.0 Å². The Morgan fingerprint density at radius 1 is 0.795 bits per heavy atom. The SMILES string of the molecule is O=S(=O)(Nc1ccccc1C(Nc1ccccn1)C(c1ccccn1)C(O)c1ccccc1)c1ccc(Cl)s1. The summed E-state index contributed by atoms with van der Waals surface area (Å²) in [7, 11) is -3.92. The number of aliphatic hydroxyl groups is 1. The fourth-order valence-electron chi connectivity index (χ4n) is 4.41. The summed E-state index contributed by atoms with van der Waals surface area (Å²) in [6.45, 7) is 0. The van der Waals surface area contributed by atoms with E-state index in [9.17, 15) is 13.5 Å². The van der Waals surface area contributed by atoms with Crippen LogP contribution < -0.4 is 10.0 Å². The number of aromatic nitrogens is 2. The standard InChI is InChI=1S/C29H25ClN4O3S2/c30-24-16-17-26(38-24)39(36,37)34-22-13-5-4-12-21(22)28(33-25-15-7-9-19-32-25)27(23-14-6-8-18-31-23)29(35)20-10-2-1-3-11-20/h1-19,27-29,34-35H,(H,32,33). The van der Waals surface area contributed by atoms with Gasteiger partial charge in [0.05, 0.1) is 28.1 Å². The molecule has 5 aromatic rings. The third kappa shape index (κ3) is 6.29. The van der Waals surface area contributed by atoms with Crippen molar-refractivity contribution >= 4 is 44.5 Å². The number of nitrogens with zero attached hydrogens (tertiary/aromatic N) is 2. The lowest BCUT2D eigenvalue weighted by Crippen LogP contribution is -2.27. The Labute approximate surface area is 236 Å². The number of anilines is 2. The smallest absolute Gasteiger partial charge is 0.271 e. The van der Waals surface area contributed by atoms with Crippen LogP contribution in [0.25, 0.3) is 0 Å². The summed E-state index contributed by atoms with van der Waals surface area (Å²) in [4.78, 5) is 9.04. The molecule has 0 aliphatic carbocycles. The van der Waals surface area contributed by atoms with Crippen LogP contribution in [0.15, 0.2) is 120 Å². The number of nitrogens with one attached hydrogen (secondary N) is 2. The minimum Gasteiger partial charge on any atom is -0.388 e. The normalized spacial score (nSPS) is 13.8. The molecule has 7 nitrogen and oxygen atoms in total. The number of pyridine rings is 2. The van der Waals surface area contributed by atoms with Gasteiger partial charge >= 0.3 is 0 Å². The topological polar surface area (TPSA) is 104 Å². The second-order valence-electron chi connectivity index (χ2n) is 8.72. The molecule has 0 bridgehead atoms. The molecule has 2 aromatic carbocycles. The van der Waals surface area contributed by atoms with Crippen molar-refractivity contribution in [3.8, 4) is 0 Å². The lowest BCUT2D eigenvalue weighted by Gasteiger charge is -2.33.